The number of hydrogen-bond donors (Lipinski definition) is 1. The predicted molar refractivity (Wildman–Crippen MR) is 138 cm³/mol. The molecule has 4 rings (SSSR count). The van der Waals surface area contributed by atoms with Gasteiger partial charge in [-0.25, -0.2) is 8.42 Å². The Labute approximate surface area is 207 Å². The first kappa shape index (κ1) is 24.6. The number of aryl methyl sites for hydroxylation is 1. The van der Waals surface area contributed by atoms with Crippen LogP contribution in [0.3, 0.4) is 0 Å². The maximum Gasteiger partial charge on any atom is 0.264 e. The lowest BCUT2D eigenvalue weighted by Gasteiger charge is -2.35. The van der Waals surface area contributed by atoms with Gasteiger partial charge in [0.1, 0.15) is 5.75 Å². The van der Waals surface area contributed by atoms with Crippen LogP contribution in [0.25, 0.3) is 0 Å². The van der Waals surface area contributed by atoms with Crippen molar-refractivity contribution in [1.82, 2.24) is 5.32 Å². The Balaban J connectivity index is 1.52. The molecule has 1 atom stereocenters. The van der Waals surface area contributed by atoms with E-state index in [0.29, 0.717) is 18.0 Å². The second kappa shape index (κ2) is 10.4. The topological polar surface area (TPSA) is 79.0 Å². The highest BCUT2D eigenvalue weighted by atomic mass is 32.2. The summed E-state index contributed by atoms with van der Waals surface area (Å²) in [4.78, 5) is 15.5. The summed E-state index contributed by atoms with van der Waals surface area (Å²) in [5.74, 6) is 0.00221. The first-order valence-corrected chi connectivity index (χ1v) is 13.2. The fraction of sp³-hybridized carbons (Fsp3) is 0.296. The number of hydrogen-bond acceptors (Lipinski definition) is 5. The van der Waals surface area contributed by atoms with Crippen molar-refractivity contribution in [3.05, 3.63) is 83.9 Å². The van der Waals surface area contributed by atoms with Crippen molar-refractivity contribution in [3.63, 3.8) is 0 Å². The molecule has 184 valence electrons. The number of carbonyl (C=O) groups excluding carboxylic acids is 1. The quantitative estimate of drug-likeness (QED) is 0.511. The van der Waals surface area contributed by atoms with E-state index < -0.39 is 16.1 Å². The summed E-state index contributed by atoms with van der Waals surface area (Å²) in [5.41, 5.74) is 3.42. The van der Waals surface area contributed by atoms with Gasteiger partial charge in [0.05, 0.1) is 17.1 Å². The highest BCUT2D eigenvalue weighted by Gasteiger charge is 2.37. The highest BCUT2D eigenvalue weighted by molar-refractivity contribution is 7.92. The molecule has 0 aromatic heterocycles. The minimum Gasteiger partial charge on any atom is -0.476 e. The van der Waals surface area contributed by atoms with Gasteiger partial charge in [-0.15, -0.1) is 0 Å². The molecule has 0 saturated carbocycles. The second-order valence-corrected chi connectivity index (χ2v) is 10.3. The summed E-state index contributed by atoms with van der Waals surface area (Å²) >= 11 is 0. The van der Waals surface area contributed by atoms with Crippen LogP contribution in [0, 0.1) is 6.92 Å². The zero-order valence-corrected chi connectivity index (χ0v) is 21.1. The van der Waals surface area contributed by atoms with Gasteiger partial charge in [0.25, 0.3) is 15.9 Å². The Hall–Kier alpha value is -3.52. The van der Waals surface area contributed by atoms with Gasteiger partial charge in [0, 0.05) is 25.3 Å². The largest absolute Gasteiger partial charge is 0.476 e. The van der Waals surface area contributed by atoms with Gasteiger partial charge in [-0.05, 0) is 68.3 Å². The number of amides is 1. The second-order valence-electron chi connectivity index (χ2n) is 8.48. The molecule has 7 nitrogen and oxygen atoms in total. The van der Waals surface area contributed by atoms with E-state index in [4.69, 9.17) is 4.74 Å². The number of carbonyl (C=O) groups is 1. The molecule has 35 heavy (non-hydrogen) atoms. The summed E-state index contributed by atoms with van der Waals surface area (Å²) in [6.07, 6.45) is -0.973. The third kappa shape index (κ3) is 5.27. The lowest BCUT2D eigenvalue weighted by molar-refractivity contribution is -0.127. The normalized spacial score (nSPS) is 15.2. The van der Waals surface area contributed by atoms with E-state index in [1.54, 1.807) is 42.5 Å². The fourth-order valence-corrected chi connectivity index (χ4v) is 5.65. The molecule has 0 spiro atoms. The minimum absolute atomic E-state index is 0.111. The van der Waals surface area contributed by atoms with Crippen molar-refractivity contribution in [3.8, 4) is 5.75 Å². The molecule has 0 unspecified atom stereocenters. The highest BCUT2D eigenvalue weighted by Crippen LogP contribution is 2.37. The molecule has 1 aliphatic heterocycles. The van der Waals surface area contributed by atoms with E-state index in [9.17, 15) is 13.2 Å². The summed E-state index contributed by atoms with van der Waals surface area (Å²) in [7, 11) is -3.88. The number of sulfonamides is 1. The van der Waals surface area contributed by atoms with Crippen molar-refractivity contribution >= 4 is 27.3 Å². The average Bonchev–Trinajstić information content (AvgIpc) is 2.88. The monoisotopic (exact) mass is 493 g/mol. The predicted octanol–water partition coefficient (Wildman–Crippen LogP) is 4.11. The first-order valence-electron chi connectivity index (χ1n) is 11.8. The molecule has 3 aromatic rings. The molecule has 0 fully saturated rings. The molecular weight excluding hydrogens is 462 g/mol. The van der Waals surface area contributed by atoms with Crippen LogP contribution < -0.4 is 19.3 Å². The van der Waals surface area contributed by atoms with Gasteiger partial charge < -0.3 is 15.0 Å². The maximum absolute atomic E-state index is 13.5. The molecule has 0 aliphatic carbocycles. The lowest BCUT2D eigenvalue weighted by atomic mass is 10.1. The van der Waals surface area contributed by atoms with Crippen LogP contribution >= 0.6 is 0 Å². The molecule has 1 aliphatic rings. The Bertz CT molecular complexity index is 1270. The maximum atomic E-state index is 13.5. The van der Waals surface area contributed by atoms with Gasteiger partial charge in [-0.1, -0.05) is 36.4 Å². The Morgan fingerprint density at radius 3 is 2.37 bits per heavy atom. The van der Waals surface area contributed by atoms with Crippen LogP contribution in [-0.4, -0.2) is 40.1 Å². The van der Waals surface area contributed by atoms with E-state index >= 15 is 0 Å². The van der Waals surface area contributed by atoms with Crippen molar-refractivity contribution in [1.29, 1.82) is 0 Å². The van der Waals surface area contributed by atoms with Crippen LogP contribution in [0.4, 0.5) is 11.4 Å². The van der Waals surface area contributed by atoms with Crippen LogP contribution in [-0.2, 0) is 21.4 Å². The third-order valence-corrected chi connectivity index (χ3v) is 7.93. The molecule has 0 radical (unpaired) electrons. The SMILES string of the molecule is CCN(CC)c1ccc(CNC(=O)[C@@H]2CN(S(=O)(=O)c3ccccc3)c3cc(C)ccc3O2)cc1. The fourth-order valence-electron chi connectivity index (χ4n) is 4.16. The average molecular weight is 494 g/mol. The van der Waals surface area contributed by atoms with Gasteiger partial charge in [-0.2, -0.15) is 0 Å². The summed E-state index contributed by atoms with van der Waals surface area (Å²) in [5, 5.41) is 2.90. The standard InChI is InChI=1S/C27H31N3O4S/c1-4-29(5-2)22-14-12-21(13-15-22)18-28-27(31)26-19-30(24-17-20(3)11-16-25(24)34-26)35(32,33)23-9-7-6-8-10-23/h6-17,26H,4-5,18-19H2,1-3H3,(H,28,31)/t26-/m0/s1. The molecule has 1 heterocycles. The van der Waals surface area contributed by atoms with E-state index in [0.717, 1.165) is 29.9 Å². The zero-order chi connectivity index (χ0) is 25.0. The third-order valence-electron chi connectivity index (χ3n) is 6.14. The smallest absolute Gasteiger partial charge is 0.264 e. The molecule has 8 heteroatoms. The van der Waals surface area contributed by atoms with Crippen molar-refractivity contribution < 1.29 is 17.9 Å². The van der Waals surface area contributed by atoms with Crippen molar-refractivity contribution in [2.75, 3.05) is 28.8 Å². The summed E-state index contributed by atoms with van der Waals surface area (Å²) in [6, 6.07) is 21.6. The number of fused-ring (bicyclic) bond motifs is 1. The number of nitrogens with one attached hydrogen (secondary N) is 1. The van der Waals surface area contributed by atoms with E-state index in [-0.39, 0.29) is 17.3 Å². The molecule has 0 saturated heterocycles. The van der Waals surface area contributed by atoms with Gasteiger partial charge in [0.15, 0.2) is 6.10 Å². The van der Waals surface area contributed by atoms with Crippen molar-refractivity contribution in [2.24, 2.45) is 0 Å². The summed E-state index contributed by atoms with van der Waals surface area (Å²) < 4.78 is 34.2. The Kier molecular flexibility index (Phi) is 7.31. The van der Waals surface area contributed by atoms with Gasteiger partial charge in [0.2, 0.25) is 0 Å². The molecule has 1 N–H and O–H groups in total. The number of rotatable bonds is 8. The lowest BCUT2D eigenvalue weighted by Crippen LogP contribution is -2.50. The summed E-state index contributed by atoms with van der Waals surface area (Å²) in [6.45, 7) is 8.18. The minimum atomic E-state index is -3.88. The molecular formula is C27H31N3O4S. The number of anilines is 2. The van der Waals surface area contributed by atoms with Crippen LogP contribution in [0.1, 0.15) is 25.0 Å². The van der Waals surface area contributed by atoms with E-state index in [1.165, 1.54) is 4.31 Å². The van der Waals surface area contributed by atoms with Crippen LogP contribution in [0.15, 0.2) is 77.7 Å². The van der Waals surface area contributed by atoms with Crippen molar-refractivity contribution in [2.45, 2.75) is 38.3 Å². The number of nitrogens with zero attached hydrogens (tertiary/aromatic N) is 2. The van der Waals surface area contributed by atoms with Gasteiger partial charge in [-0.3, -0.25) is 9.10 Å². The van der Waals surface area contributed by atoms with E-state index in [1.807, 2.05) is 37.3 Å². The van der Waals surface area contributed by atoms with Crippen LogP contribution in [0.2, 0.25) is 0 Å². The Morgan fingerprint density at radius 2 is 1.71 bits per heavy atom. The Morgan fingerprint density at radius 1 is 1.03 bits per heavy atom. The zero-order valence-electron chi connectivity index (χ0n) is 20.3. The number of benzene rings is 3. The van der Waals surface area contributed by atoms with Gasteiger partial charge >= 0.3 is 0 Å². The van der Waals surface area contributed by atoms with Crippen LogP contribution in [0.5, 0.6) is 5.75 Å². The molecule has 1 amide bonds. The first-order chi connectivity index (χ1) is 16.8. The number of ether oxygens (including phenoxy) is 1. The molecule has 3 aromatic carbocycles. The van der Waals surface area contributed by atoms with E-state index in [2.05, 4.69) is 24.1 Å². The molecule has 0 bridgehead atoms.